The van der Waals surface area contributed by atoms with Crippen LogP contribution in [0.1, 0.15) is 23.9 Å². The van der Waals surface area contributed by atoms with Crippen molar-refractivity contribution in [3.63, 3.8) is 0 Å². The van der Waals surface area contributed by atoms with Gasteiger partial charge in [-0.25, -0.2) is 14.6 Å². The van der Waals surface area contributed by atoms with Gasteiger partial charge in [-0.2, -0.15) is 10.2 Å². The fourth-order valence-corrected chi connectivity index (χ4v) is 2.41. The summed E-state index contributed by atoms with van der Waals surface area (Å²) < 4.78 is 1.73. The van der Waals surface area contributed by atoms with Crippen molar-refractivity contribution in [2.45, 2.75) is 20.8 Å². The van der Waals surface area contributed by atoms with Crippen LogP contribution in [0, 0.1) is 24.0 Å². The van der Waals surface area contributed by atoms with Gasteiger partial charge in [0, 0.05) is 23.9 Å². The molecule has 0 atom stereocenters. The molecule has 3 rings (SSSR count). The third kappa shape index (κ3) is 3.72. The van der Waals surface area contributed by atoms with E-state index in [2.05, 4.69) is 25.6 Å². The van der Waals surface area contributed by atoms with Crippen LogP contribution in [0.4, 0.5) is 11.5 Å². The molecule has 0 radical (unpaired) electrons. The average molecular weight is 351 g/mol. The van der Waals surface area contributed by atoms with Crippen LogP contribution in [0.15, 0.2) is 47.8 Å². The van der Waals surface area contributed by atoms with E-state index in [-0.39, 0.29) is 5.69 Å². The third-order valence-electron chi connectivity index (χ3n) is 3.71. The summed E-state index contributed by atoms with van der Waals surface area (Å²) in [6, 6.07) is 9.90. The first-order valence-electron chi connectivity index (χ1n) is 7.85. The number of nitrogens with zero attached hydrogens (tertiary/aromatic N) is 6. The van der Waals surface area contributed by atoms with Crippen LogP contribution < -0.4 is 5.43 Å². The number of nitrogens with one attached hydrogen (secondary N) is 1. The molecule has 0 aliphatic rings. The highest BCUT2D eigenvalue weighted by molar-refractivity contribution is 5.99. The number of aryl methyl sites for hydroxylation is 2. The van der Waals surface area contributed by atoms with Crippen molar-refractivity contribution in [1.82, 2.24) is 19.7 Å². The monoisotopic (exact) mass is 351 g/mol. The van der Waals surface area contributed by atoms with E-state index in [4.69, 9.17) is 0 Å². The first-order valence-corrected chi connectivity index (χ1v) is 7.85. The summed E-state index contributed by atoms with van der Waals surface area (Å²) >= 11 is 0. The molecule has 3 aromatic rings. The summed E-state index contributed by atoms with van der Waals surface area (Å²) in [5.74, 6) is 1.15. The minimum Gasteiger partial charge on any atom is -0.261 e. The quantitative estimate of drug-likeness (QED) is 0.430. The Hall–Kier alpha value is -3.62. The lowest BCUT2D eigenvalue weighted by Gasteiger charge is -2.06. The van der Waals surface area contributed by atoms with E-state index in [1.165, 1.54) is 18.5 Å². The molecule has 0 spiro atoms. The average Bonchev–Trinajstić information content (AvgIpc) is 2.98. The first-order chi connectivity index (χ1) is 12.4. The van der Waals surface area contributed by atoms with E-state index in [0.29, 0.717) is 17.3 Å². The molecule has 26 heavy (non-hydrogen) atoms. The summed E-state index contributed by atoms with van der Waals surface area (Å²) in [6.45, 7) is 5.67. The Balaban J connectivity index is 1.78. The lowest BCUT2D eigenvalue weighted by molar-refractivity contribution is -0.384. The summed E-state index contributed by atoms with van der Waals surface area (Å²) in [4.78, 5) is 18.7. The number of nitro benzene ring substituents is 1. The van der Waals surface area contributed by atoms with Gasteiger partial charge < -0.3 is 0 Å². The zero-order chi connectivity index (χ0) is 18.7. The number of hydrogen-bond donors (Lipinski definition) is 1. The van der Waals surface area contributed by atoms with Crippen molar-refractivity contribution in [2.24, 2.45) is 5.10 Å². The maximum atomic E-state index is 10.7. The molecule has 9 heteroatoms. The molecule has 0 amide bonds. The number of rotatable bonds is 5. The van der Waals surface area contributed by atoms with Crippen LogP contribution in [-0.4, -0.2) is 30.4 Å². The van der Waals surface area contributed by atoms with Gasteiger partial charge in [-0.05, 0) is 44.5 Å². The Morgan fingerprint density at radius 1 is 1.19 bits per heavy atom. The van der Waals surface area contributed by atoms with Gasteiger partial charge in [-0.15, -0.1) is 0 Å². The summed E-state index contributed by atoms with van der Waals surface area (Å²) in [5.41, 5.74) is 6.24. The van der Waals surface area contributed by atoms with Crippen molar-refractivity contribution < 1.29 is 4.92 Å². The van der Waals surface area contributed by atoms with Gasteiger partial charge >= 0.3 is 0 Å². The van der Waals surface area contributed by atoms with Crippen LogP contribution in [0.25, 0.3) is 5.82 Å². The van der Waals surface area contributed by atoms with Gasteiger partial charge in [-0.1, -0.05) is 0 Å². The van der Waals surface area contributed by atoms with E-state index in [1.54, 1.807) is 29.8 Å². The number of benzene rings is 1. The molecule has 132 valence electrons. The van der Waals surface area contributed by atoms with Crippen LogP contribution >= 0.6 is 0 Å². The SMILES string of the molecule is C/C(=N/Nc1cc(-n2nc(C)cc2C)ncn1)c1ccc([N+](=O)[O-])cc1. The topological polar surface area (TPSA) is 111 Å². The highest BCUT2D eigenvalue weighted by atomic mass is 16.6. The second kappa shape index (κ2) is 7.09. The van der Waals surface area contributed by atoms with Crippen molar-refractivity contribution >= 4 is 17.2 Å². The first kappa shape index (κ1) is 17.2. The molecule has 2 heterocycles. The van der Waals surface area contributed by atoms with Crippen LogP contribution in [0.2, 0.25) is 0 Å². The van der Waals surface area contributed by atoms with Crippen molar-refractivity contribution in [3.8, 4) is 5.82 Å². The zero-order valence-electron chi connectivity index (χ0n) is 14.5. The fourth-order valence-electron chi connectivity index (χ4n) is 2.41. The predicted molar refractivity (Wildman–Crippen MR) is 97.6 cm³/mol. The molecule has 0 aliphatic heterocycles. The number of anilines is 1. The molecule has 0 fully saturated rings. The Labute approximate surface area is 149 Å². The standard InChI is InChI=1S/C17H17N7O2/c1-11-8-12(2)23(22-11)17-9-16(18-10-19-17)21-20-13(3)14-4-6-15(7-5-14)24(25)26/h4-10H,1-3H3,(H,18,19,21)/b20-13-. The van der Waals surface area contributed by atoms with E-state index in [9.17, 15) is 10.1 Å². The number of aromatic nitrogens is 4. The fraction of sp³-hybridized carbons (Fsp3) is 0.176. The Morgan fingerprint density at radius 2 is 1.92 bits per heavy atom. The molecular weight excluding hydrogens is 334 g/mol. The van der Waals surface area contributed by atoms with Crippen molar-refractivity contribution in [2.75, 3.05) is 5.43 Å². The van der Waals surface area contributed by atoms with Gasteiger partial charge in [0.05, 0.1) is 16.3 Å². The lowest BCUT2D eigenvalue weighted by atomic mass is 10.1. The maximum Gasteiger partial charge on any atom is 0.269 e. The third-order valence-corrected chi connectivity index (χ3v) is 3.71. The lowest BCUT2D eigenvalue weighted by Crippen LogP contribution is -2.05. The van der Waals surface area contributed by atoms with Gasteiger partial charge in [0.1, 0.15) is 6.33 Å². The molecule has 1 N–H and O–H groups in total. The minimum absolute atomic E-state index is 0.0415. The van der Waals surface area contributed by atoms with Crippen molar-refractivity contribution in [3.05, 3.63) is 69.8 Å². The van der Waals surface area contributed by atoms with E-state index >= 15 is 0 Å². The normalized spacial score (nSPS) is 11.4. The van der Waals surface area contributed by atoms with Crippen LogP contribution in [-0.2, 0) is 0 Å². The second-order valence-corrected chi connectivity index (χ2v) is 5.71. The Morgan fingerprint density at radius 3 is 2.54 bits per heavy atom. The van der Waals surface area contributed by atoms with Crippen LogP contribution in [0.5, 0.6) is 0 Å². The molecule has 1 aromatic carbocycles. The van der Waals surface area contributed by atoms with Gasteiger partial charge in [-0.3, -0.25) is 15.5 Å². The van der Waals surface area contributed by atoms with Crippen molar-refractivity contribution in [1.29, 1.82) is 0 Å². The molecule has 2 aromatic heterocycles. The predicted octanol–water partition coefficient (Wildman–Crippen LogP) is 3.02. The van der Waals surface area contributed by atoms with Gasteiger partial charge in [0.25, 0.3) is 5.69 Å². The number of hydrogen-bond acceptors (Lipinski definition) is 7. The van der Waals surface area contributed by atoms with Crippen LogP contribution in [0.3, 0.4) is 0 Å². The summed E-state index contributed by atoms with van der Waals surface area (Å²) in [6.07, 6.45) is 1.44. The van der Waals surface area contributed by atoms with Gasteiger partial charge in [0.15, 0.2) is 11.6 Å². The highest BCUT2D eigenvalue weighted by Gasteiger charge is 2.07. The zero-order valence-corrected chi connectivity index (χ0v) is 14.5. The largest absolute Gasteiger partial charge is 0.269 e. The maximum absolute atomic E-state index is 10.7. The molecular formula is C17H17N7O2. The molecule has 9 nitrogen and oxygen atoms in total. The Bertz CT molecular complexity index is 977. The number of non-ortho nitro benzene ring substituents is 1. The van der Waals surface area contributed by atoms with E-state index in [0.717, 1.165) is 17.0 Å². The Kier molecular flexibility index (Phi) is 4.70. The minimum atomic E-state index is -0.435. The summed E-state index contributed by atoms with van der Waals surface area (Å²) in [7, 11) is 0. The molecule has 0 saturated carbocycles. The number of nitro groups is 1. The highest BCUT2D eigenvalue weighted by Crippen LogP contribution is 2.14. The molecule has 0 bridgehead atoms. The molecule has 0 aliphatic carbocycles. The smallest absolute Gasteiger partial charge is 0.261 e. The molecule has 0 saturated heterocycles. The number of hydrazone groups is 1. The second-order valence-electron chi connectivity index (χ2n) is 5.71. The van der Waals surface area contributed by atoms with Gasteiger partial charge in [0.2, 0.25) is 0 Å². The summed E-state index contributed by atoms with van der Waals surface area (Å²) in [5, 5.41) is 19.4. The van der Waals surface area contributed by atoms with E-state index in [1.807, 2.05) is 19.9 Å². The molecule has 0 unspecified atom stereocenters. The van der Waals surface area contributed by atoms with E-state index < -0.39 is 4.92 Å².